The van der Waals surface area contributed by atoms with Crippen LogP contribution in [0.3, 0.4) is 0 Å². The lowest BCUT2D eigenvalue weighted by atomic mass is 9.98. The molecule has 1 unspecified atom stereocenters. The van der Waals surface area contributed by atoms with E-state index in [9.17, 15) is 4.79 Å². The third-order valence-corrected chi connectivity index (χ3v) is 1.29. The van der Waals surface area contributed by atoms with Gasteiger partial charge in [-0.05, 0) is 0 Å². The van der Waals surface area contributed by atoms with Crippen LogP contribution in [0.4, 0.5) is 0 Å². The molecule has 58 valence electrons. The zero-order valence-corrected chi connectivity index (χ0v) is 5.58. The van der Waals surface area contributed by atoms with E-state index in [0.717, 1.165) is 6.08 Å². The zero-order valence-electron chi connectivity index (χ0n) is 5.58. The smallest absolute Gasteiger partial charge is 0.327 e. The molecular weight excluding hydrogens is 134 g/mol. The Hall–Kier alpha value is -0.870. The van der Waals surface area contributed by atoms with Crippen LogP contribution in [0.2, 0.25) is 0 Å². The Bertz CT molecular complexity index is 146. The summed E-state index contributed by atoms with van der Waals surface area (Å²) in [6.07, 6.45) is 1.11. The number of hydrogen-bond donors (Lipinski definition) is 3. The highest BCUT2D eigenvalue weighted by Crippen LogP contribution is 2.06. The molecule has 0 saturated heterocycles. The van der Waals surface area contributed by atoms with Gasteiger partial charge in [0.15, 0.2) is 0 Å². The van der Waals surface area contributed by atoms with Gasteiger partial charge in [-0.25, -0.2) is 4.79 Å². The van der Waals surface area contributed by atoms with E-state index in [1.807, 2.05) is 0 Å². The van der Waals surface area contributed by atoms with Gasteiger partial charge in [-0.15, -0.1) is 6.58 Å². The predicted octanol–water partition coefficient (Wildman–Crippen LogP) is -0.663. The topological polar surface area (TPSA) is 83.5 Å². The van der Waals surface area contributed by atoms with E-state index >= 15 is 0 Å². The number of aliphatic hydroxyl groups is 1. The van der Waals surface area contributed by atoms with E-state index < -0.39 is 11.5 Å². The summed E-state index contributed by atoms with van der Waals surface area (Å²) in [5.74, 6) is -1.17. The number of hydrogen-bond acceptors (Lipinski definition) is 3. The molecule has 0 bridgehead atoms. The molecule has 4 nitrogen and oxygen atoms in total. The van der Waals surface area contributed by atoms with E-state index in [1.165, 1.54) is 0 Å². The molecule has 0 heterocycles. The molecular formula is C6H11NO3. The van der Waals surface area contributed by atoms with Crippen molar-refractivity contribution in [2.24, 2.45) is 5.73 Å². The fraction of sp³-hybridized carbons (Fsp3) is 0.500. The molecule has 0 fully saturated rings. The number of nitrogens with two attached hydrogens (primary N) is 1. The van der Waals surface area contributed by atoms with Gasteiger partial charge in [-0.1, -0.05) is 6.08 Å². The first-order valence-electron chi connectivity index (χ1n) is 2.83. The average molecular weight is 145 g/mol. The summed E-state index contributed by atoms with van der Waals surface area (Å²) in [4.78, 5) is 10.3. The van der Waals surface area contributed by atoms with Crippen molar-refractivity contribution in [1.82, 2.24) is 0 Å². The first-order chi connectivity index (χ1) is 4.56. The van der Waals surface area contributed by atoms with Gasteiger partial charge < -0.3 is 15.9 Å². The van der Waals surface area contributed by atoms with Crippen LogP contribution >= 0.6 is 0 Å². The molecule has 0 aliphatic rings. The number of carboxylic acid groups (broad SMARTS) is 1. The van der Waals surface area contributed by atoms with Gasteiger partial charge in [0, 0.05) is 13.0 Å². The molecule has 0 saturated carbocycles. The summed E-state index contributed by atoms with van der Waals surface area (Å²) in [5.41, 5.74) is 3.80. The molecule has 0 amide bonds. The minimum atomic E-state index is -1.48. The average Bonchev–Trinajstić information content (AvgIpc) is 1.88. The zero-order chi connectivity index (χ0) is 8.20. The lowest BCUT2D eigenvalue weighted by Gasteiger charge is -2.17. The molecule has 0 radical (unpaired) electrons. The highest BCUT2D eigenvalue weighted by Gasteiger charge is 2.28. The summed E-state index contributed by atoms with van der Waals surface area (Å²) in [5, 5.41) is 16.8. The molecule has 0 rings (SSSR count). The first kappa shape index (κ1) is 9.13. The second-order valence-electron chi connectivity index (χ2n) is 2.02. The standard InChI is InChI=1S/C6H11NO3/c1-2-6(7,3-4-8)5(9)10/h2,8H,1,3-4,7H2,(H,9,10). The van der Waals surface area contributed by atoms with Crippen LogP contribution < -0.4 is 5.73 Å². The first-order valence-corrected chi connectivity index (χ1v) is 2.83. The molecule has 0 spiro atoms. The van der Waals surface area contributed by atoms with E-state index in [-0.39, 0.29) is 13.0 Å². The van der Waals surface area contributed by atoms with Crippen molar-refractivity contribution in [3.63, 3.8) is 0 Å². The van der Waals surface area contributed by atoms with Crippen LogP contribution in [0.5, 0.6) is 0 Å². The Morgan fingerprint density at radius 3 is 2.40 bits per heavy atom. The Morgan fingerprint density at radius 1 is 1.80 bits per heavy atom. The van der Waals surface area contributed by atoms with Gasteiger partial charge in [-0.3, -0.25) is 0 Å². The number of aliphatic carboxylic acids is 1. The lowest BCUT2D eigenvalue weighted by Crippen LogP contribution is -2.46. The van der Waals surface area contributed by atoms with E-state index in [2.05, 4.69) is 6.58 Å². The van der Waals surface area contributed by atoms with Gasteiger partial charge in [0.05, 0.1) is 0 Å². The molecule has 0 aliphatic heterocycles. The fourth-order valence-corrected chi connectivity index (χ4v) is 0.481. The molecule has 4 heteroatoms. The Kier molecular flexibility index (Phi) is 3.05. The highest BCUT2D eigenvalue weighted by molar-refractivity contribution is 5.80. The van der Waals surface area contributed by atoms with Gasteiger partial charge in [0.1, 0.15) is 5.54 Å². The van der Waals surface area contributed by atoms with Crippen molar-refractivity contribution >= 4 is 5.97 Å². The largest absolute Gasteiger partial charge is 0.480 e. The van der Waals surface area contributed by atoms with Crippen molar-refractivity contribution in [3.05, 3.63) is 12.7 Å². The molecule has 0 aromatic carbocycles. The predicted molar refractivity (Wildman–Crippen MR) is 36.5 cm³/mol. The van der Waals surface area contributed by atoms with Crippen molar-refractivity contribution in [2.45, 2.75) is 12.0 Å². The van der Waals surface area contributed by atoms with Crippen LogP contribution in [-0.4, -0.2) is 28.3 Å². The SMILES string of the molecule is C=CC(N)(CCO)C(=O)O. The molecule has 0 aliphatic carbocycles. The third-order valence-electron chi connectivity index (χ3n) is 1.29. The number of aliphatic hydroxyl groups excluding tert-OH is 1. The molecule has 0 aromatic rings. The van der Waals surface area contributed by atoms with E-state index in [1.54, 1.807) is 0 Å². The molecule has 0 aromatic heterocycles. The Morgan fingerprint density at radius 2 is 2.30 bits per heavy atom. The van der Waals surface area contributed by atoms with Gasteiger partial charge in [-0.2, -0.15) is 0 Å². The second kappa shape index (κ2) is 3.34. The van der Waals surface area contributed by atoms with Crippen molar-refractivity contribution < 1.29 is 15.0 Å². The Labute approximate surface area is 59.0 Å². The maximum Gasteiger partial charge on any atom is 0.327 e. The van der Waals surface area contributed by atoms with Gasteiger partial charge >= 0.3 is 5.97 Å². The van der Waals surface area contributed by atoms with Crippen molar-refractivity contribution in [2.75, 3.05) is 6.61 Å². The molecule has 10 heavy (non-hydrogen) atoms. The maximum absolute atomic E-state index is 10.3. The fourth-order valence-electron chi connectivity index (χ4n) is 0.481. The van der Waals surface area contributed by atoms with Crippen LogP contribution in [-0.2, 0) is 4.79 Å². The summed E-state index contributed by atoms with van der Waals surface area (Å²) < 4.78 is 0. The summed E-state index contributed by atoms with van der Waals surface area (Å²) in [7, 11) is 0. The normalized spacial score (nSPS) is 15.8. The van der Waals surface area contributed by atoms with Crippen LogP contribution in [0.25, 0.3) is 0 Å². The van der Waals surface area contributed by atoms with Crippen LogP contribution in [0.1, 0.15) is 6.42 Å². The number of carbonyl (C=O) groups is 1. The Balaban J connectivity index is 4.22. The lowest BCUT2D eigenvalue weighted by molar-refractivity contribution is -0.141. The summed E-state index contributed by atoms with van der Waals surface area (Å²) in [6, 6.07) is 0. The second-order valence-corrected chi connectivity index (χ2v) is 2.02. The maximum atomic E-state index is 10.3. The highest BCUT2D eigenvalue weighted by atomic mass is 16.4. The summed E-state index contributed by atoms with van der Waals surface area (Å²) >= 11 is 0. The minimum Gasteiger partial charge on any atom is -0.480 e. The minimum absolute atomic E-state index is 0.00810. The third kappa shape index (κ3) is 1.82. The van der Waals surface area contributed by atoms with Crippen LogP contribution in [0.15, 0.2) is 12.7 Å². The number of carboxylic acids is 1. The molecule has 1 atom stereocenters. The quantitative estimate of drug-likeness (QED) is 0.458. The van der Waals surface area contributed by atoms with E-state index in [0.29, 0.717) is 0 Å². The van der Waals surface area contributed by atoms with E-state index in [4.69, 9.17) is 15.9 Å². The molecule has 4 N–H and O–H groups in total. The summed E-state index contributed by atoms with van der Waals surface area (Å²) in [6.45, 7) is 3.00. The number of rotatable bonds is 4. The monoisotopic (exact) mass is 145 g/mol. The van der Waals surface area contributed by atoms with Crippen molar-refractivity contribution in [1.29, 1.82) is 0 Å². The van der Waals surface area contributed by atoms with Gasteiger partial charge in [0.2, 0.25) is 0 Å². The van der Waals surface area contributed by atoms with Gasteiger partial charge in [0.25, 0.3) is 0 Å². The van der Waals surface area contributed by atoms with Crippen LogP contribution in [0, 0.1) is 0 Å². The van der Waals surface area contributed by atoms with Crippen molar-refractivity contribution in [3.8, 4) is 0 Å².